The minimum atomic E-state index is -0.145. The number of benzene rings is 1. The first kappa shape index (κ1) is 14.5. The Morgan fingerprint density at radius 3 is 2.60 bits per heavy atom. The summed E-state index contributed by atoms with van der Waals surface area (Å²) >= 11 is 1.22. The van der Waals surface area contributed by atoms with Crippen molar-refractivity contribution in [3.63, 3.8) is 0 Å². The van der Waals surface area contributed by atoms with Crippen LogP contribution in [-0.2, 0) is 0 Å². The van der Waals surface area contributed by atoms with Gasteiger partial charge in [0.05, 0.1) is 5.69 Å². The number of nitrogen functional groups attached to an aromatic ring is 1. The first-order valence-electron chi connectivity index (χ1n) is 6.54. The van der Waals surface area contributed by atoms with Crippen molar-refractivity contribution in [2.45, 2.75) is 33.6 Å². The Balaban J connectivity index is 2.35. The fourth-order valence-electron chi connectivity index (χ4n) is 2.14. The predicted octanol–water partition coefficient (Wildman–Crippen LogP) is 3.72. The highest BCUT2D eigenvalue weighted by Gasteiger charge is 2.17. The largest absolute Gasteiger partial charge is 0.375 e. The smallest absolute Gasteiger partial charge is 0.267 e. The Hall–Kier alpha value is -1.88. The third kappa shape index (κ3) is 2.82. The van der Waals surface area contributed by atoms with Crippen molar-refractivity contribution in [1.29, 1.82) is 0 Å². The highest BCUT2D eigenvalue weighted by Crippen LogP contribution is 2.29. The first-order chi connectivity index (χ1) is 9.40. The van der Waals surface area contributed by atoms with Crippen molar-refractivity contribution in [3.05, 3.63) is 39.9 Å². The highest BCUT2D eigenvalue weighted by molar-refractivity contribution is 7.17. The van der Waals surface area contributed by atoms with Crippen LogP contribution in [0.25, 0.3) is 0 Å². The van der Waals surface area contributed by atoms with Gasteiger partial charge in [0.2, 0.25) is 0 Å². The van der Waals surface area contributed by atoms with Crippen molar-refractivity contribution in [3.8, 4) is 0 Å². The molecule has 0 saturated carbocycles. The van der Waals surface area contributed by atoms with Crippen LogP contribution in [0.5, 0.6) is 0 Å². The van der Waals surface area contributed by atoms with E-state index >= 15 is 0 Å². The Labute approximate surface area is 123 Å². The molecule has 0 aliphatic heterocycles. The topological polar surface area (TPSA) is 68.0 Å². The molecule has 1 heterocycles. The molecule has 0 fully saturated rings. The van der Waals surface area contributed by atoms with Crippen molar-refractivity contribution in [2.24, 2.45) is 0 Å². The summed E-state index contributed by atoms with van der Waals surface area (Å²) < 4.78 is 0. The number of carbonyl (C=O) groups excluding carboxylic acids is 1. The van der Waals surface area contributed by atoms with Crippen LogP contribution in [0.3, 0.4) is 0 Å². The zero-order valence-corrected chi connectivity index (χ0v) is 13.0. The van der Waals surface area contributed by atoms with Gasteiger partial charge < -0.3 is 11.1 Å². The second kappa shape index (κ2) is 5.63. The van der Waals surface area contributed by atoms with Gasteiger partial charge >= 0.3 is 0 Å². The number of anilines is 2. The summed E-state index contributed by atoms with van der Waals surface area (Å²) in [7, 11) is 0. The quantitative estimate of drug-likeness (QED) is 0.905. The number of nitrogens with two attached hydrogens (primary N) is 1. The number of amides is 1. The van der Waals surface area contributed by atoms with E-state index < -0.39 is 0 Å². The second-order valence-electron chi connectivity index (χ2n) is 5.11. The van der Waals surface area contributed by atoms with E-state index in [0.717, 1.165) is 16.8 Å². The molecular weight excluding hydrogens is 270 g/mol. The molecule has 0 saturated heterocycles. The van der Waals surface area contributed by atoms with Gasteiger partial charge in [0.1, 0.15) is 4.88 Å². The van der Waals surface area contributed by atoms with Crippen LogP contribution in [-0.4, -0.2) is 10.9 Å². The lowest BCUT2D eigenvalue weighted by atomic mass is 9.98. The molecule has 5 heteroatoms. The summed E-state index contributed by atoms with van der Waals surface area (Å²) in [4.78, 5) is 17.0. The number of thiazole rings is 1. The average Bonchev–Trinajstić information content (AvgIpc) is 2.70. The van der Waals surface area contributed by atoms with E-state index in [4.69, 9.17) is 5.73 Å². The molecule has 0 atom stereocenters. The molecule has 0 aliphatic carbocycles. The minimum absolute atomic E-state index is 0.145. The summed E-state index contributed by atoms with van der Waals surface area (Å²) in [6.45, 7) is 8.01. The van der Waals surface area contributed by atoms with Gasteiger partial charge in [-0.15, -0.1) is 0 Å². The molecule has 1 amide bonds. The maximum atomic E-state index is 12.4. The van der Waals surface area contributed by atoms with Gasteiger partial charge in [-0.05, 0) is 30.9 Å². The molecule has 20 heavy (non-hydrogen) atoms. The lowest BCUT2D eigenvalue weighted by Crippen LogP contribution is -2.14. The van der Waals surface area contributed by atoms with Gasteiger partial charge in [0, 0.05) is 5.69 Å². The zero-order valence-electron chi connectivity index (χ0n) is 12.2. The van der Waals surface area contributed by atoms with Gasteiger partial charge in [-0.3, -0.25) is 4.79 Å². The van der Waals surface area contributed by atoms with Crippen molar-refractivity contribution in [1.82, 2.24) is 4.98 Å². The number of hydrogen-bond acceptors (Lipinski definition) is 4. The number of aryl methyl sites for hydroxylation is 2. The molecular formula is C15H19N3OS. The molecule has 0 spiro atoms. The maximum Gasteiger partial charge on any atom is 0.267 e. The van der Waals surface area contributed by atoms with Crippen LogP contribution >= 0.6 is 11.3 Å². The number of rotatable bonds is 3. The fraction of sp³-hybridized carbons (Fsp3) is 0.333. The van der Waals surface area contributed by atoms with Crippen LogP contribution in [0.15, 0.2) is 18.2 Å². The minimum Gasteiger partial charge on any atom is -0.375 e. The summed E-state index contributed by atoms with van der Waals surface area (Å²) in [6.07, 6.45) is 0. The average molecular weight is 289 g/mol. The number of aromatic nitrogens is 1. The molecule has 2 rings (SSSR count). The number of nitrogens with zero attached hydrogens (tertiary/aromatic N) is 1. The van der Waals surface area contributed by atoms with Crippen LogP contribution in [0, 0.1) is 13.8 Å². The van der Waals surface area contributed by atoms with E-state index in [1.165, 1.54) is 11.3 Å². The molecule has 3 N–H and O–H groups in total. The summed E-state index contributed by atoms with van der Waals surface area (Å²) in [5.41, 5.74) is 9.39. The second-order valence-corrected chi connectivity index (χ2v) is 6.15. The normalized spacial score (nSPS) is 10.8. The number of hydrogen-bond donors (Lipinski definition) is 2. The van der Waals surface area contributed by atoms with Crippen molar-refractivity contribution >= 4 is 28.1 Å². The van der Waals surface area contributed by atoms with Gasteiger partial charge in [-0.1, -0.05) is 43.4 Å². The van der Waals surface area contributed by atoms with Crippen LogP contribution in [0.4, 0.5) is 10.8 Å². The molecule has 4 nitrogen and oxygen atoms in total. The molecule has 1 aromatic carbocycles. The van der Waals surface area contributed by atoms with Crippen LogP contribution in [0.2, 0.25) is 0 Å². The molecule has 2 aromatic rings. The fourth-order valence-corrected chi connectivity index (χ4v) is 2.87. The molecule has 0 aliphatic rings. The van der Waals surface area contributed by atoms with Crippen LogP contribution < -0.4 is 11.1 Å². The number of carbonyl (C=O) groups is 1. The van der Waals surface area contributed by atoms with E-state index in [1.807, 2.05) is 25.1 Å². The lowest BCUT2D eigenvalue weighted by Gasteiger charge is -2.16. The highest BCUT2D eigenvalue weighted by atomic mass is 32.1. The molecule has 0 unspecified atom stereocenters. The third-order valence-corrected chi connectivity index (χ3v) is 4.17. The lowest BCUT2D eigenvalue weighted by molar-refractivity contribution is 0.102. The molecule has 106 valence electrons. The Kier molecular flexibility index (Phi) is 4.09. The maximum absolute atomic E-state index is 12.4. The summed E-state index contributed by atoms with van der Waals surface area (Å²) in [6, 6.07) is 6.05. The summed E-state index contributed by atoms with van der Waals surface area (Å²) in [5.74, 6) is 0.200. The van der Waals surface area contributed by atoms with E-state index in [2.05, 4.69) is 24.1 Å². The van der Waals surface area contributed by atoms with E-state index in [1.54, 1.807) is 6.92 Å². The Morgan fingerprint density at radius 2 is 2.05 bits per heavy atom. The molecule has 1 aromatic heterocycles. The van der Waals surface area contributed by atoms with E-state index in [-0.39, 0.29) is 5.91 Å². The van der Waals surface area contributed by atoms with Gasteiger partial charge in [0.15, 0.2) is 5.13 Å². The monoisotopic (exact) mass is 289 g/mol. The van der Waals surface area contributed by atoms with Gasteiger partial charge in [-0.25, -0.2) is 4.98 Å². The standard InChI is InChI=1S/C15H19N3OS/c1-8(2)11-7-5-6-9(3)12(11)18-14(19)13-10(4)17-15(16)20-13/h5-8H,1-4H3,(H2,16,17)(H,18,19). The van der Waals surface area contributed by atoms with E-state index in [9.17, 15) is 4.79 Å². The Bertz CT molecular complexity index is 647. The van der Waals surface area contributed by atoms with E-state index in [0.29, 0.717) is 21.6 Å². The number of nitrogens with one attached hydrogen (secondary N) is 1. The first-order valence-corrected chi connectivity index (χ1v) is 7.35. The number of para-hydroxylation sites is 1. The van der Waals surface area contributed by atoms with Gasteiger partial charge in [-0.2, -0.15) is 0 Å². The molecule has 0 bridgehead atoms. The SMILES string of the molecule is Cc1cccc(C(C)C)c1NC(=O)c1sc(N)nc1C. The van der Waals surface area contributed by atoms with Crippen LogP contribution in [0.1, 0.15) is 46.3 Å². The summed E-state index contributed by atoms with van der Waals surface area (Å²) in [5, 5.41) is 3.42. The van der Waals surface area contributed by atoms with Crippen molar-refractivity contribution in [2.75, 3.05) is 11.1 Å². The Morgan fingerprint density at radius 1 is 1.35 bits per heavy atom. The molecule has 0 radical (unpaired) electrons. The predicted molar refractivity (Wildman–Crippen MR) is 84.5 cm³/mol. The van der Waals surface area contributed by atoms with Crippen molar-refractivity contribution < 1.29 is 4.79 Å². The third-order valence-electron chi connectivity index (χ3n) is 3.18. The zero-order chi connectivity index (χ0) is 14.9. The van der Waals surface area contributed by atoms with Gasteiger partial charge in [0.25, 0.3) is 5.91 Å².